The van der Waals surface area contributed by atoms with E-state index in [1.54, 1.807) is 23.5 Å². The Balaban J connectivity index is 2.34. The highest BCUT2D eigenvalue weighted by Crippen LogP contribution is 2.23. The van der Waals surface area contributed by atoms with E-state index >= 15 is 0 Å². The van der Waals surface area contributed by atoms with Gasteiger partial charge in [-0.05, 0) is 24.3 Å². The second-order valence-corrected chi connectivity index (χ2v) is 4.27. The van der Waals surface area contributed by atoms with Gasteiger partial charge in [-0.15, -0.1) is 11.3 Å². The van der Waals surface area contributed by atoms with Crippen molar-refractivity contribution in [3.63, 3.8) is 0 Å². The van der Waals surface area contributed by atoms with E-state index in [9.17, 15) is 4.39 Å². The van der Waals surface area contributed by atoms with E-state index in [0.29, 0.717) is 0 Å². The summed E-state index contributed by atoms with van der Waals surface area (Å²) in [5.74, 6) is -0.218. The Morgan fingerprint density at radius 1 is 1.29 bits per heavy atom. The van der Waals surface area contributed by atoms with Gasteiger partial charge in [-0.25, -0.2) is 9.37 Å². The van der Waals surface area contributed by atoms with Crippen LogP contribution in [0.1, 0.15) is 5.01 Å². The van der Waals surface area contributed by atoms with Gasteiger partial charge in [0, 0.05) is 10.9 Å². The molecule has 0 radical (unpaired) electrons. The van der Waals surface area contributed by atoms with Crippen LogP contribution in [0.4, 0.5) is 4.39 Å². The quantitative estimate of drug-likeness (QED) is 0.757. The lowest BCUT2D eigenvalue weighted by Gasteiger charge is -1.94. The van der Waals surface area contributed by atoms with E-state index < -0.39 is 0 Å². The second-order valence-electron chi connectivity index (χ2n) is 2.77. The molecule has 0 aliphatic carbocycles. The number of benzene rings is 1. The van der Waals surface area contributed by atoms with Crippen LogP contribution >= 0.6 is 27.3 Å². The largest absolute Gasteiger partial charge is 0.240 e. The highest BCUT2D eigenvalue weighted by atomic mass is 79.9. The fourth-order valence-corrected chi connectivity index (χ4v) is 2.30. The van der Waals surface area contributed by atoms with Crippen molar-refractivity contribution < 1.29 is 4.39 Å². The summed E-state index contributed by atoms with van der Waals surface area (Å²) in [4.78, 5) is 4.38. The third kappa shape index (κ3) is 2.01. The maximum Gasteiger partial charge on any atom is 0.123 e. The van der Waals surface area contributed by atoms with Crippen LogP contribution in [-0.4, -0.2) is 4.98 Å². The summed E-state index contributed by atoms with van der Waals surface area (Å²) in [6.45, 7) is 0. The predicted molar refractivity (Wildman–Crippen MR) is 60.1 cm³/mol. The number of halogens is 2. The van der Waals surface area contributed by atoms with Gasteiger partial charge < -0.3 is 0 Å². The van der Waals surface area contributed by atoms with Crippen molar-refractivity contribution in [3.05, 3.63) is 40.5 Å². The number of aromatic nitrogens is 1. The normalized spacial score (nSPS) is 10.4. The summed E-state index contributed by atoms with van der Waals surface area (Å²) < 4.78 is 12.6. The molecule has 1 aromatic heterocycles. The third-order valence-corrected chi connectivity index (χ3v) is 3.56. The summed E-state index contributed by atoms with van der Waals surface area (Å²) in [6.07, 6.45) is 0. The predicted octanol–water partition coefficient (Wildman–Crippen LogP) is 3.84. The minimum atomic E-state index is -0.218. The Hall–Kier alpha value is -0.740. The number of hydrogen-bond acceptors (Lipinski definition) is 2. The molecule has 0 aliphatic heterocycles. The minimum absolute atomic E-state index is 0.218. The van der Waals surface area contributed by atoms with Crippen LogP contribution in [0.2, 0.25) is 0 Å². The Labute approximate surface area is 93.7 Å². The molecule has 0 saturated carbocycles. The van der Waals surface area contributed by atoms with Gasteiger partial charge in [0.2, 0.25) is 0 Å². The molecule has 14 heavy (non-hydrogen) atoms. The summed E-state index contributed by atoms with van der Waals surface area (Å²) in [6, 6.07) is 6.37. The van der Waals surface area contributed by atoms with Gasteiger partial charge in [0.25, 0.3) is 0 Å². The fraction of sp³-hybridized carbons (Fsp3) is 0.100. The molecular weight excluding hydrogens is 265 g/mol. The molecule has 0 atom stereocenters. The number of nitrogens with zero attached hydrogens (tertiary/aromatic N) is 1. The first-order chi connectivity index (χ1) is 6.79. The minimum Gasteiger partial charge on any atom is -0.240 e. The van der Waals surface area contributed by atoms with Gasteiger partial charge in [0.05, 0.1) is 11.0 Å². The summed E-state index contributed by atoms with van der Waals surface area (Å²) in [7, 11) is 0. The first-order valence-corrected chi connectivity index (χ1v) is 6.06. The van der Waals surface area contributed by atoms with Crippen molar-refractivity contribution in [1.82, 2.24) is 4.98 Å². The van der Waals surface area contributed by atoms with Gasteiger partial charge >= 0.3 is 0 Å². The van der Waals surface area contributed by atoms with E-state index in [1.807, 2.05) is 5.38 Å². The first kappa shape index (κ1) is 9.80. The van der Waals surface area contributed by atoms with Gasteiger partial charge in [0.15, 0.2) is 0 Å². The van der Waals surface area contributed by atoms with E-state index in [0.717, 1.165) is 21.6 Å². The van der Waals surface area contributed by atoms with Gasteiger partial charge in [-0.3, -0.25) is 0 Å². The van der Waals surface area contributed by atoms with E-state index in [-0.39, 0.29) is 5.82 Å². The van der Waals surface area contributed by atoms with Crippen molar-refractivity contribution in [2.45, 2.75) is 5.33 Å². The van der Waals surface area contributed by atoms with Crippen LogP contribution < -0.4 is 0 Å². The van der Waals surface area contributed by atoms with E-state index in [4.69, 9.17) is 0 Å². The molecule has 0 saturated heterocycles. The maximum absolute atomic E-state index is 12.6. The summed E-state index contributed by atoms with van der Waals surface area (Å²) >= 11 is 4.94. The molecule has 0 aliphatic rings. The zero-order chi connectivity index (χ0) is 9.97. The molecule has 0 bridgehead atoms. The van der Waals surface area contributed by atoms with Crippen molar-refractivity contribution in [1.29, 1.82) is 0 Å². The lowest BCUT2D eigenvalue weighted by molar-refractivity contribution is 0.628. The average molecular weight is 272 g/mol. The topological polar surface area (TPSA) is 12.9 Å². The smallest absolute Gasteiger partial charge is 0.123 e. The van der Waals surface area contributed by atoms with Gasteiger partial charge in [-0.1, -0.05) is 15.9 Å². The third-order valence-electron chi connectivity index (χ3n) is 1.81. The molecule has 0 amide bonds. The van der Waals surface area contributed by atoms with Crippen LogP contribution in [0.3, 0.4) is 0 Å². The van der Waals surface area contributed by atoms with Crippen LogP contribution in [0, 0.1) is 5.82 Å². The monoisotopic (exact) mass is 271 g/mol. The highest BCUT2D eigenvalue weighted by Gasteiger charge is 2.03. The lowest BCUT2D eigenvalue weighted by Crippen LogP contribution is -1.80. The highest BCUT2D eigenvalue weighted by molar-refractivity contribution is 9.08. The molecule has 0 fully saturated rings. The molecule has 2 rings (SSSR count). The standard InChI is InChI=1S/C10H7BrFNS/c11-5-10-13-9(6-14-10)7-1-3-8(12)4-2-7/h1-4,6H,5H2. The Morgan fingerprint density at radius 2 is 2.00 bits per heavy atom. The molecule has 1 aromatic carbocycles. The Morgan fingerprint density at radius 3 is 2.57 bits per heavy atom. The van der Waals surface area contributed by atoms with Gasteiger partial charge in [-0.2, -0.15) is 0 Å². The average Bonchev–Trinajstić information content (AvgIpc) is 2.67. The molecule has 0 spiro atoms. The van der Waals surface area contributed by atoms with Crippen LogP contribution in [0.5, 0.6) is 0 Å². The van der Waals surface area contributed by atoms with E-state index in [1.165, 1.54) is 12.1 Å². The van der Waals surface area contributed by atoms with Crippen molar-refractivity contribution in [3.8, 4) is 11.3 Å². The molecule has 1 nitrogen and oxygen atoms in total. The summed E-state index contributed by atoms with van der Waals surface area (Å²) in [5, 5.41) is 3.77. The molecular formula is C10H7BrFNS. The maximum atomic E-state index is 12.6. The van der Waals surface area contributed by atoms with Crippen LogP contribution in [-0.2, 0) is 5.33 Å². The van der Waals surface area contributed by atoms with Crippen molar-refractivity contribution in [2.24, 2.45) is 0 Å². The SMILES string of the molecule is Fc1ccc(-c2csc(CBr)n2)cc1. The van der Waals surface area contributed by atoms with Crippen molar-refractivity contribution in [2.75, 3.05) is 0 Å². The molecule has 0 N–H and O–H groups in total. The Kier molecular flexibility index (Phi) is 2.93. The molecule has 1 heterocycles. The molecule has 72 valence electrons. The number of thiazole rings is 1. The zero-order valence-corrected chi connectivity index (χ0v) is 9.61. The number of rotatable bonds is 2. The van der Waals surface area contributed by atoms with Crippen LogP contribution in [0.15, 0.2) is 29.6 Å². The number of alkyl halides is 1. The fourth-order valence-electron chi connectivity index (χ4n) is 1.13. The molecule has 0 unspecified atom stereocenters. The van der Waals surface area contributed by atoms with E-state index in [2.05, 4.69) is 20.9 Å². The molecule has 4 heteroatoms. The lowest BCUT2D eigenvalue weighted by atomic mass is 10.2. The second kappa shape index (κ2) is 4.19. The first-order valence-electron chi connectivity index (χ1n) is 4.06. The van der Waals surface area contributed by atoms with Crippen molar-refractivity contribution >= 4 is 27.3 Å². The van der Waals surface area contributed by atoms with Crippen LogP contribution in [0.25, 0.3) is 11.3 Å². The summed E-state index contributed by atoms with van der Waals surface area (Å²) in [5.41, 5.74) is 1.86. The molecule has 2 aromatic rings. The van der Waals surface area contributed by atoms with Gasteiger partial charge in [0.1, 0.15) is 10.8 Å². The zero-order valence-electron chi connectivity index (χ0n) is 7.21. The Bertz CT molecular complexity index is 424. The number of hydrogen-bond donors (Lipinski definition) is 0.